The van der Waals surface area contributed by atoms with E-state index in [0.29, 0.717) is 0 Å². The Kier molecular flexibility index (Phi) is 3.70. The Balaban J connectivity index is 3.93. The van der Waals surface area contributed by atoms with E-state index in [0.717, 1.165) is 0 Å². The highest BCUT2D eigenvalue weighted by Gasteiger charge is 2.19. The fourth-order valence-electron chi connectivity index (χ4n) is 0.627. The Morgan fingerprint density at radius 3 is 2.27 bits per heavy atom. The summed E-state index contributed by atoms with van der Waals surface area (Å²) in [7, 11) is 0. The summed E-state index contributed by atoms with van der Waals surface area (Å²) in [6.07, 6.45) is -1.35. The molecule has 5 N–H and O–H groups in total. The normalized spacial score (nSPS) is 15.5. The van der Waals surface area contributed by atoms with Crippen LogP contribution in [0, 0.1) is 0 Å². The van der Waals surface area contributed by atoms with Crippen LogP contribution in [-0.4, -0.2) is 28.9 Å². The summed E-state index contributed by atoms with van der Waals surface area (Å²) < 4.78 is 0. The molecule has 0 aromatic heterocycles. The first-order valence-corrected chi connectivity index (χ1v) is 3.20. The maximum absolute atomic E-state index is 10.8. The number of ketones is 1. The van der Waals surface area contributed by atoms with Gasteiger partial charge in [-0.2, -0.15) is 0 Å². The molecular weight excluding hydrogens is 148 g/mol. The van der Waals surface area contributed by atoms with Gasteiger partial charge in [-0.1, -0.05) is 0 Å². The number of nitrogens with two attached hydrogens (primary N) is 2. The topological polar surface area (TPSA) is 106 Å². The molecule has 0 aromatic rings. The van der Waals surface area contributed by atoms with Crippen LogP contribution in [0.2, 0.25) is 0 Å². The van der Waals surface area contributed by atoms with Crippen LogP contribution < -0.4 is 11.5 Å². The monoisotopic (exact) mass is 160 g/mol. The number of hydrogen-bond donors (Lipinski definition) is 3. The second-order valence-corrected chi connectivity index (χ2v) is 2.36. The highest BCUT2D eigenvalue weighted by molar-refractivity contribution is 5.91. The van der Waals surface area contributed by atoms with Crippen LogP contribution in [0.5, 0.6) is 0 Å². The Morgan fingerprint density at radius 2 is 2.00 bits per heavy atom. The fourth-order valence-corrected chi connectivity index (χ4v) is 0.627. The van der Waals surface area contributed by atoms with Gasteiger partial charge in [0.25, 0.3) is 0 Å². The second-order valence-electron chi connectivity index (χ2n) is 2.36. The Hall–Kier alpha value is -0.940. The van der Waals surface area contributed by atoms with Crippen molar-refractivity contribution in [3.8, 4) is 0 Å². The minimum atomic E-state index is -1.13. The molecule has 0 bridgehead atoms. The van der Waals surface area contributed by atoms with Gasteiger partial charge in [-0.15, -0.1) is 0 Å². The SMILES string of the molecule is CC(O)C(=O)[C@@H](N)CC(N)=O. The van der Waals surface area contributed by atoms with Crippen molar-refractivity contribution >= 4 is 11.7 Å². The van der Waals surface area contributed by atoms with Gasteiger partial charge in [-0.25, -0.2) is 0 Å². The first-order chi connectivity index (χ1) is 4.95. The van der Waals surface area contributed by atoms with Crippen LogP contribution in [0.1, 0.15) is 13.3 Å². The van der Waals surface area contributed by atoms with Gasteiger partial charge in [0, 0.05) is 6.42 Å². The van der Waals surface area contributed by atoms with Crippen molar-refractivity contribution in [1.29, 1.82) is 0 Å². The smallest absolute Gasteiger partial charge is 0.219 e. The Labute approximate surface area is 64.4 Å². The van der Waals surface area contributed by atoms with Crippen LogP contribution >= 0.6 is 0 Å². The summed E-state index contributed by atoms with van der Waals surface area (Å²) in [5, 5.41) is 8.72. The molecule has 5 nitrogen and oxygen atoms in total. The number of aliphatic hydroxyl groups is 1. The zero-order valence-electron chi connectivity index (χ0n) is 6.28. The van der Waals surface area contributed by atoms with E-state index in [-0.39, 0.29) is 6.42 Å². The molecule has 1 amide bonds. The molecule has 1 unspecified atom stereocenters. The second kappa shape index (κ2) is 4.05. The Bertz CT molecular complexity index is 167. The van der Waals surface area contributed by atoms with Gasteiger partial charge >= 0.3 is 0 Å². The highest BCUT2D eigenvalue weighted by atomic mass is 16.3. The number of amides is 1. The van der Waals surface area contributed by atoms with Gasteiger partial charge in [0.15, 0.2) is 5.78 Å². The molecule has 0 aliphatic rings. The summed E-state index contributed by atoms with van der Waals surface area (Å²) in [6.45, 7) is 1.29. The lowest BCUT2D eigenvalue weighted by Crippen LogP contribution is -2.40. The minimum Gasteiger partial charge on any atom is -0.386 e. The number of aliphatic hydroxyl groups excluding tert-OH is 1. The van der Waals surface area contributed by atoms with E-state index in [9.17, 15) is 9.59 Å². The number of primary amides is 1. The van der Waals surface area contributed by atoms with Crippen molar-refractivity contribution in [2.24, 2.45) is 11.5 Å². The van der Waals surface area contributed by atoms with Crippen molar-refractivity contribution in [3.05, 3.63) is 0 Å². The molecule has 0 fully saturated rings. The van der Waals surface area contributed by atoms with E-state index in [1.54, 1.807) is 0 Å². The summed E-state index contributed by atoms with van der Waals surface area (Å²) >= 11 is 0. The maximum atomic E-state index is 10.8. The van der Waals surface area contributed by atoms with Gasteiger partial charge in [0.2, 0.25) is 5.91 Å². The van der Waals surface area contributed by atoms with Crippen LogP contribution in [0.3, 0.4) is 0 Å². The predicted octanol–water partition coefficient (Wildman–Crippen LogP) is -1.86. The third kappa shape index (κ3) is 3.69. The molecule has 0 rings (SSSR count). The lowest BCUT2D eigenvalue weighted by Gasteiger charge is -2.09. The van der Waals surface area contributed by atoms with Crippen molar-refractivity contribution < 1.29 is 14.7 Å². The van der Waals surface area contributed by atoms with Gasteiger partial charge < -0.3 is 16.6 Å². The van der Waals surface area contributed by atoms with Crippen LogP contribution in [0.15, 0.2) is 0 Å². The van der Waals surface area contributed by atoms with Crippen molar-refractivity contribution in [2.45, 2.75) is 25.5 Å². The molecular formula is C6H12N2O3. The van der Waals surface area contributed by atoms with E-state index in [4.69, 9.17) is 16.6 Å². The molecule has 0 heterocycles. The quantitative estimate of drug-likeness (QED) is 0.448. The average Bonchev–Trinajstić information content (AvgIpc) is 1.84. The Morgan fingerprint density at radius 1 is 1.55 bits per heavy atom. The molecule has 0 aliphatic carbocycles. The van der Waals surface area contributed by atoms with Crippen LogP contribution in [0.4, 0.5) is 0 Å². The van der Waals surface area contributed by atoms with E-state index in [1.165, 1.54) is 6.92 Å². The highest BCUT2D eigenvalue weighted by Crippen LogP contribution is 1.93. The van der Waals surface area contributed by atoms with Crippen molar-refractivity contribution in [3.63, 3.8) is 0 Å². The first-order valence-electron chi connectivity index (χ1n) is 3.20. The number of carbonyl (C=O) groups excluding carboxylic acids is 2. The number of rotatable bonds is 4. The zero-order chi connectivity index (χ0) is 9.02. The maximum Gasteiger partial charge on any atom is 0.219 e. The molecule has 11 heavy (non-hydrogen) atoms. The van der Waals surface area contributed by atoms with Crippen LogP contribution in [-0.2, 0) is 9.59 Å². The molecule has 5 heteroatoms. The minimum absolute atomic E-state index is 0.219. The fraction of sp³-hybridized carbons (Fsp3) is 0.667. The molecule has 0 saturated heterocycles. The molecule has 0 aromatic carbocycles. The molecule has 0 saturated carbocycles. The van der Waals surface area contributed by atoms with E-state index >= 15 is 0 Å². The number of Topliss-reactive ketones (excluding diaryl/α,β-unsaturated/α-hetero) is 1. The largest absolute Gasteiger partial charge is 0.386 e. The molecule has 0 aliphatic heterocycles. The molecule has 2 atom stereocenters. The van der Waals surface area contributed by atoms with Crippen molar-refractivity contribution in [2.75, 3.05) is 0 Å². The van der Waals surface area contributed by atoms with E-state index in [1.807, 2.05) is 0 Å². The summed E-state index contributed by atoms with van der Waals surface area (Å²) in [4.78, 5) is 21.0. The van der Waals surface area contributed by atoms with Gasteiger partial charge in [-0.05, 0) is 6.92 Å². The lowest BCUT2D eigenvalue weighted by molar-refractivity contribution is -0.130. The zero-order valence-corrected chi connectivity index (χ0v) is 6.28. The van der Waals surface area contributed by atoms with E-state index < -0.39 is 23.8 Å². The van der Waals surface area contributed by atoms with Crippen molar-refractivity contribution in [1.82, 2.24) is 0 Å². The summed E-state index contributed by atoms with van der Waals surface area (Å²) in [6, 6.07) is -0.979. The third-order valence-corrected chi connectivity index (χ3v) is 1.20. The predicted molar refractivity (Wildman–Crippen MR) is 38.5 cm³/mol. The van der Waals surface area contributed by atoms with Gasteiger partial charge in [-0.3, -0.25) is 9.59 Å². The summed E-state index contributed by atoms with van der Waals surface area (Å²) in [5.74, 6) is -1.21. The lowest BCUT2D eigenvalue weighted by atomic mass is 10.1. The van der Waals surface area contributed by atoms with Gasteiger partial charge in [0.1, 0.15) is 6.10 Å². The number of hydrogen-bond acceptors (Lipinski definition) is 4. The standard InChI is InChI=1S/C6H12N2O3/c1-3(9)6(11)4(7)2-5(8)10/h3-4,9H,2,7H2,1H3,(H2,8,10)/t3?,4-/m0/s1. The number of carbonyl (C=O) groups is 2. The molecule has 0 radical (unpaired) electrons. The third-order valence-electron chi connectivity index (χ3n) is 1.20. The van der Waals surface area contributed by atoms with Gasteiger partial charge in [0.05, 0.1) is 6.04 Å². The van der Waals surface area contributed by atoms with Crippen LogP contribution in [0.25, 0.3) is 0 Å². The summed E-state index contributed by atoms with van der Waals surface area (Å²) in [5.41, 5.74) is 9.99. The molecule has 64 valence electrons. The molecule has 0 spiro atoms. The average molecular weight is 160 g/mol. The first kappa shape index (κ1) is 10.1. The van der Waals surface area contributed by atoms with E-state index in [2.05, 4.69) is 0 Å².